The minimum atomic E-state index is -3.81. The molecule has 0 aliphatic heterocycles. The lowest BCUT2D eigenvalue weighted by Crippen LogP contribution is -2.38. The molecule has 3 N–H and O–H groups in total. The van der Waals surface area contributed by atoms with Crippen molar-refractivity contribution in [3.63, 3.8) is 0 Å². The molecule has 1 aromatic carbocycles. The van der Waals surface area contributed by atoms with Gasteiger partial charge in [-0.25, -0.2) is 13.1 Å². The van der Waals surface area contributed by atoms with Crippen LogP contribution in [0.1, 0.15) is 25.8 Å². The quantitative estimate of drug-likeness (QED) is 0.585. The number of nitrogens with one attached hydrogen (secondary N) is 1. The second-order valence-corrected chi connectivity index (χ2v) is 7.13. The first-order valence-corrected chi connectivity index (χ1v) is 8.12. The number of nitro benzene ring substituents is 1. The Morgan fingerprint density at radius 3 is 2.52 bits per heavy atom. The molecule has 0 aliphatic carbocycles. The molecule has 8 heteroatoms. The van der Waals surface area contributed by atoms with Gasteiger partial charge < -0.3 is 5.73 Å². The highest BCUT2D eigenvalue weighted by atomic mass is 32.2. The van der Waals surface area contributed by atoms with Gasteiger partial charge in [0, 0.05) is 24.2 Å². The molecule has 1 atom stereocenters. The first kappa shape index (κ1) is 17.5. The maximum absolute atomic E-state index is 12.2. The van der Waals surface area contributed by atoms with Crippen LogP contribution in [0.25, 0.3) is 0 Å². The maximum atomic E-state index is 12.2. The molecule has 1 rings (SSSR count). The van der Waals surface area contributed by atoms with E-state index < -0.39 is 14.9 Å². The molecule has 0 saturated carbocycles. The molecule has 118 valence electrons. The Balaban J connectivity index is 2.94. The van der Waals surface area contributed by atoms with Crippen LogP contribution < -0.4 is 10.5 Å². The van der Waals surface area contributed by atoms with Crippen LogP contribution >= 0.6 is 0 Å². The van der Waals surface area contributed by atoms with Crippen LogP contribution in [0, 0.1) is 23.0 Å². The lowest BCUT2D eigenvalue weighted by Gasteiger charge is -2.15. The van der Waals surface area contributed by atoms with E-state index in [1.807, 2.05) is 13.8 Å². The highest BCUT2D eigenvalue weighted by Crippen LogP contribution is 2.24. The molecule has 0 saturated heterocycles. The average Bonchev–Trinajstić information content (AvgIpc) is 2.35. The molecule has 1 aromatic rings. The summed E-state index contributed by atoms with van der Waals surface area (Å²) in [5.41, 5.74) is 5.74. The second-order valence-electron chi connectivity index (χ2n) is 5.40. The fourth-order valence-electron chi connectivity index (χ4n) is 2.08. The van der Waals surface area contributed by atoms with Gasteiger partial charge in [-0.05, 0) is 25.3 Å². The smallest absolute Gasteiger partial charge is 0.273 e. The molecule has 7 nitrogen and oxygen atoms in total. The Hall–Kier alpha value is -1.51. The Bertz CT molecular complexity index is 614. The van der Waals surface area contributed by atoms with Crippen LogP contribution in [0.15, 0.2) is 23.1 Å². The molecule has 0 bridgehead atoms. The summed E-state index contributed by atoms with van der Waals surface area (Å²) in [5, 5.41) is 10.9. The van der Waals surface area contributed by atoms with E-state index >= 15 is 0 Å². The van der Waals surface area contributed by atoms with Crippen molar-refractivity contribution in [2.24, 2.45) is 11.7 Å². The maximum Gasteiger partial charge on any atom is 0.273 e. The summed E-state index contributed by atoms with van der Waals surface area (Å²) in [7, 11) is -3.81. The Labute approximate surface area is 124 Å². The van der Waals surface area contributed by atoms with Gasteiger partial charge in [0.05, 0.1) is 9.82 Å². The molecule has 1 unspecified atom stereocenters. The molecule has 0 aliphatic rings. The van der Waals surface area contributed by atoms with Gasteiger partial charge in [-0.15, -0.1) is 0 Å². The molecule has 0 aromatic heterocycles. The summed E-state index contributed by atoms with van der Waals surface area (Å²) in [6.07, 6.45) is 0.691. The van der Waals surface area contributed by atoms with Crippen LogP contribution in [0.5, 0.6) is 0 Å². The molecular weight excluding hydrogens is 294 g/mol. The highest BCUT2D eigenvalue weighted by Gasteiger charge is 2.23. The van der Waals surface area contributed by atoms with Gasteiger partial charge >= 0.3 is 0 Å². The monoisotopic (exact) mass is 315 g/mol. The number of nitrogens with two attached hydrogens (primary N) is 1. The van der Waals surface area contributed by atoms with Crippen molar-refractivity contribution in [2.75, 3.05) is 6.54 Å². The lowest BCUT2D eigenvalue weighted by atomic mass is 10.1. The first-order chi connectivity index (χ1) is 9.65. The Morgan fingerprint density at radius 2 is 2.00 bits per heavy atom. The number of nitrogens with zero attached hydrogens (tertiary/aromatic N) is 1. The van der Waals surface area contributed by atoms with Crippen molar-refractivity contribution in [2.45, 2.75) is 38.1 Å². The Kier molecular flexibility index (Phi) is 5.82. The zero-order valence-electron chi connectivity index (χ0n) is 12.4. The normalized spacial score (nSPS) is 13.4. The van der Waals surface area contributed by atoms with Crippen molar-refractivity contribution in [3.8, 4) is 0 Å². The fourth-order valence-corrected chi connectivity index (χ4v) is 3.43. The standard InChI is InChI=1S/C13H21N3O4S/c1-9(2)7-11(14)8-15-21(19,20)13-6-4-5-12(10(13)3)16(17)18/h4-6,9,11,15H,7-8,14H2,1-3H3. The van der Waals surface area contributed by atoms with E-state index in [1.165, 1.54) is 25.1 Å². The number of hydrogen-bond donors (Lipinski definition) is 2. The summed E-state index contributed by atoms with van der Waals surface area (Å²) >= 11 is 0. The van der Waals surface area contributed by atoms with Crippen LogP contribution in [-0.4, -0.2) is 25.9 Å². The van der Waals surface area contributed by atoms with Crippen LogP contribution in [0.2, 0.25) is 0 Å². The number of nitro groups is 1. The van der Waals surface area contributed by atoms with Crippen molar-refractivity contribution < 1.29 is 13.3 Å². The first-order valence-electron chi connectivity index (χ1n) is 6.64. The molecule has 0 fully saturated rings. The minimum Gasteiger partial charge on any atom is -0.327 e. The fraction of sp³-hybridized carbons (Fsp3) is 0.538. The van der Waals surface area contributed by atoms with Gasteiger partial charge in [-0.2, -0.15) is 0 Å². The summed E-state index contributed by atoms with van der Waals surface area (Å²) in [5.74, 6) is 0.365. The van der Waals surface area contributed by atoms with Gasteiger partial charge in [0.1, 0.15) is 0 Å². The SMILES string of the molecule is Cc1c([N+](=O)[O-])cccc1S(=O)(=O)NCC(N)CC(C)C. The van der Waals surface area contributed by atoms with E-state index in [2.05, 4.69) is 4.72 Å². The van der Waals surface area contributed by atoms with Crippen molar-refractivity contribution in [1.82, 2.24) is 4.72 Å². The predicted molar refractivity (Wildman–Crippen MR) is 80.5 cm³/mol. The summed E-state index contributed by atoms with van der Waals surface area (Å²) in [4.78, 5) is 10.2. The molecule has 21 heavy (non-hydrogen) atoms. The number of hydrogen-bond acceptors (Lipinski definition) is 5. The third-order valence-corrected chi connectivity index (χ3v) is 4.62. The van der Waals surface area contributed by atoms with Crippen LogP contribution in [-0.2, 0) is 10.0 Å². The third kappa shape index (κ3) is 4.76. The van der Waals surface area contributed by atoms with Gasteiger partial charge in [-0.1, -0.05) is 19.9 Å². The van der Waals surface area contributed by atoms with E-state index in [4.69, 9.17) is 5.73 Å². The predicted octanol–water partition coefficient (Wildman–Crippen LogP) is 1.55. The van der Waals surface area contributed by atoms with Crippen molar-refractivity contribution >= 4 is 15.7 Å². The molecule has 0 radical (unpaired) electrons. The van der Waals surface area contributed by atoms with Gasteiger partial charge in [0.25, 0.3) is 5.69 Å². The highest BCUT2D eigenvalue weighted by molar-refractivity contribution is 7.89. The van der Waals surface area contributed by atoms with E-state index in [9.17, 15) is 18.5 Å². The summed E-state index contributed by atoms with van der Waals surface area (Å²) in [6.45, 7) is 5.52. The number of benzene rings is 1. The van der Waals surface area contributed by atoms with Gasteiger partial charge in [0.15, 0.2) is 0 Å². The number of rotatable bonds is 7. The molecule has 0 amide bonds. The van der Waals surface area contributed by atoms with Gasteiger partial charge in [0.2, 0.25) is 10.0 Å². The third-order valence-electron chi connectivity index (χ3n) is 3.05. The minimum absolute atomic E-state index is 0.0894. The van der Waals surface area contributed by atoms with E-state index in [0.717, 1.165) is 0 Å². The largest absolute Gasteiger partial charge is 0.327 e. The van der Waals surface area contributed by atoms with Crippen molar-refractivity contribution in [3.05, 3.63) is 33.9 Å². The summed E-state index contributed by atoms with van der Waals surface area (Å²) in [6, 6.07) is 3.68. The average molecular weight is 315 g/mol. The number of sulfonamides is 1. The molecule has 0 spiro atoms. The summed E-state index contributed by atoms with van der Waals surface area (Å²) < 4.78 is 26.9. The molecular formula is C13H21N3O4S. The lowest BCUT2D eigenvalue weighted by molar-refractivity contribution is -0.385. The van der Waals surface area contributed by atoms with Crippen LogP contribution in [0.4, 0.5) is 5.69 Å². The van der Waals surface area contributed by atoms with Gasteiger partial charge in [-0.3, -0.25) is 10.1 Å². The molecule has 0 heterocycles. The van der Waals surface area contributed by atoms with Crippen LogP contribution in [0.3, 0.4) is 0 Å². The van der Waals surface area contributed by atoms with E-state index in [-0.39, 0.29) is 28.7 Å². The zero-order chi connectivity index (χ0) is 16.2. The zero-order valence-corrected chi connectivity index (χ0v) is 13.2. The topological polar surface area (TPSA) is 115 Å². The van der Waals surface area contributed by atoms with Crippen molar-refractivity contribution in [1.29, 1.82) is 0 Å². The van der Waals surface area contributed by atoms with E-state index in [0.29, 0.717) is 12.3 Å². The Morgan fingerprint density at radius 1 is 1.38 bits per heavy atom. The van der Waals surface area contributed by atoms with E-state index in [1.54, 1.807) is 0 Å². The second kappa shape index (κ2) is 6.97.